The monoisotopic (exact) mass is 648 g/mol. The topological polar surface area (TPSA) is 77.1 Å². The van der Waals surface area contributed by atoms with Gasteiger partial charge < -0.3 is 19.5 Å². The molecule has 4 aromatic rings. The van der Waals surface area contributed by atoms with Crippen molar-refractivity contribution in [2.75, 3.05) is 23.9 Å². The van der Waals surface area contributed by atoms with Crippen molar-refractivity contribution in [2.45, 2.75) is 51.2 Å². The molecule has 2 aliphatic carbocycles. The Morgan fingerprint density at radius 1 is 0.894 bits per heavy atom. The highest BCUT2D eigenvalue weighted by Crippen LogP contribution is 2.50. The lowest BCUT2D eigenvalue weighted by atomic mass is 9.78. The molecule has 1 fully saturated rings. The van der Waals surface area contributed by atoms with Crippen LogP contribution >= 0.6 is 11.6 Å². The van der Waals surface area contributed by atoms with E-state index in [2.05, 4.69) is 5.32 Å². The number of allylic oxidation sites excluding steroid dienone is 1. The van der Waals surface area contributed by atoms with E-state index in [-0.39, 0.29) is 23.5 Å². The van der Waals surface area contributed by atoms with Gasteiger partial charge in [-0.25, -0.2) is 0 Å². The van der Waals surface area contributed by atoms with Crippen LogP contribution in [0.15, 0.2) is 102 Å². The molecule has 1 N–H and O–H groups in total. The Hall–Kier alpha value is -4.75. The van der Waals surface area contributed by atoms with E-state index in [1.165, 1.54) is 0 Å². The molecule has 4 aromatic carbocycles. The number of benzene rings is 4. The summed E-state index contributed by atoms with van der Waals surface area (Å²) in [6.45, 7) is 2.69. The van der Waals surface area contributed by atoms with Crippen LogP contribution in [-0.2, 0) is 16.2 Å². The van der Waals surface area contributed by atoms with E-state index in [1.807, 2.05) is 103 Å². The minimum atomic E-state index is -0.636. The molecule has 47 heavy (non-hydrogen) atoms. The Labute approximate surface area is 280 Å². The lowest BCUT2D eigenvalue weighted by Crippen LogP contribution is -2.39. The number of para-hydroxylation sites is 2. The number of halogens is 1. The van der Waals surface area contributed by atoms with Crippen molar-refractivity contribution in [3.05, 3.63) is 124 Å². The van der Waals surface area contributed by atoms with E-state index >= 15 is 0 Å². The molecule has 1 heterocycles. The molecule has 0 unspecified atom stereocenters. The van der Waals surface area contributed by atoms with Gasteiger partial charge in [0.15, 0.2) is 17.3 Å². The summed E-state index contributed by atoms with van der Waals surface area (Å²) >= 11 is 6.07. The van der Waals surface area contributed by atoms with E-state index < -0.39 is 6.04 Å². The second kappa shape index (κ2) is 13.2. The number of hydrogen-bond acceptors (Lipinski definition) is 6. The molecule has 0 aromatic heterocycles. The molecular weight excluding hydrogens is 612 g/mol. The maximum atomic E-state index is 14.4. The van der Waals surface area contributed by atoms with Crippen LogP contribution in [-0.4, -0.2) is 25.4 Å². The number of nitrogens with zero attached hydrogens (tertiary/aromatic N) is 1. The number of hydrogen-bond donors (Lipinski definition) is 1. The average molecular weight is 649 g/mol. The molecule has 0 bridgehead atoms. The molecular formula is C39H37ClN2O5. The number of methoxy groups -OCH3 is 1. The van der Waals surface area contributed by atoms with E-state index in [1.54, 1.807) is 7.11 Å². The van der Waals surface area contributed by atoms with Gasteiger partial charge in [0.25, 0.3) is 0 Å². The fourth-order valence-electron chi connectivity index (χ4n) is 6.61. The van der Waals surface area contributed by atoms with Crippen LogP contribution in [0, 0.1) is 5.92 Å². The lowest BCUT2D eigenvalue weighted by Gasteiger charge is -2.35. The Kier molecular flexibility index (Phi) is 8.65. The number of ether oxygens (including phenoxy) is 3. The maximum absolute atomic E-state index is 14.4. The van der Waals surface area contributed by atoms with Crippen LogP contribution in [0.2, 0.25) is 5.02 Å². The minimum absolute atomic E-state index is 0.0132. The van der Waals surface area contributed by atoms with Crippen LogP contribution in [0.3, 0.4) is 0 Å². The van der Waals surface area contributed by atoms with Gasteiger partial charge in [-0.3, -0.25) is 14.5 Å². The van der Waals surface area contributed by atoms with E-state index in [9.17, 15) is 9.59 Å². The Morgan fingerprint density at radius 2 is 1.64 bits per heavy atom. The summed E-state index contributed by atoms with van der Waals surface area (Å²) in [7, 11) is 1.65. The van der Waals surface area contributed by atoms with E-state index in [0.717, 1.165) is 52.4 Å². The fourth-order valence-corrected chi connectivity index (χ4v) is 6.74. The summed E-state index contributed by atoms with van der Waals surface area (Å²) in [4.78, 5) is 30.5. The van der Waals surface area contributed by atoms with Gasteiger partial charge in [0.1, 0.15) is 12.4 Å². The number of nitrogens with one attached hydrogen (secondary N) is 1. The number of fused-ring (bicyclic) bond motifs is 1. The Morgan fingerprint density at radius 3 is 2.36 bits per heavy atom. The van der Waals surface area contributed by atoms with Crippen molar-refractivity contribution in [1.29, 1.82) is 0 Å². The molecule has 8 heteroatoms. The first-order chi connectivity index (χ1) is 22.9. The number of carbonyl (C=O) groups is 2. The fraction of sp³-hybridized carbons (Fsp3) is 0.282. The molecule has 7 rings (SSSR count). The molecule has 1 aliphatic heterocycles. The van der Waals surface area contributed by atoms with Gasteiger partial charge in [-0.1, -0.05) is 54.1 Å². The van der Waals surface area contributed by atoms with Gasteiger partial charge in [-0.15, -0.1) is 0 Å². The highest BCUT2D eigenvalue weighted by molar-refractivity contribution is 6.30. The number of Topliss-reactive ketones (excluding diaryl/α,β-unsaturated/α-hetero) is 1. The molecule has 3 aliphatic rings. The molecule has 0 saturated heterocycles. The highest BCUT2D eigenvalue weighted by atomic mass is 35.5. The van der Waals surface area contributed by atoms with Crippen molar-refractivity contribution in [1.82, 2.24) is 0 Å². The van der Waals surface area contributed by atoms with E-state index in [0.29, 0.717) is 48.2 Å². The molecule has 240 valence electrons. The predicted octanol–water partition coefficient (Wildman–Crippen LogP) is 8.64. The Bertz CT molecular complexity index is 1830. The first-order valence-corrected chi connectivity index (χ1v) is 16.5. The largest absolute Gasteiger partial charge is 0.497 e. The average Bonchev–Trinajstić information content (AvgIpc) is 3.95. The molecule has 7 nitrogen and oxygen atoms in total. The highest BCUT2D eigenvalue weighted by Gasteiger charge is 2.45. The summed E-state index contributed by atoms with van der Waals surface area (Å²) in [6, 6.07) is 28.4. The number of amides is 1. The molecule has 0 radical (unpaired) electrons. The summed E-state index contributed by atoms with van der Waals surface area (Å²) in [5.74, 6) is 1.90. The van der Waals surface area contributed by atoms with Crippen molar-refractivity contribution >= 4 is 34.7 Å². The zero-order valence-electron chi connectivity index (χ0n) is 26.5. The van der Waals surface area contributed by atoms with Crippen LogP contribution in [0.4, 0.5) is 11.4 Å². The van der Waals surface area contributed by atoms with Gasteiger partial charge in [0.05, 0.1) is 31.1 Å². The SMILES string of the molecule is CCOc1cc([C@H]2C3=C(C[C@@H](c4ccc(OC)cc4)CC3=O)Nc3ccccc3N2C(=O)C2CC2)ccc1OCc1ccc(Cl)cc1. The van der Waals surface area contributed by atoms with Gasteiger partial charge in [0, 0.05) is 28.6 Å². The maximum Gasteiger partial charge on any atom is 0.231 e. The van der Waals surface area contributed by atoms with Gasteiger partial charge >= 0.3 is 0 Å². The number of carbonyl (C=O) groups excluding carboxylic acids is 2. The van der Waals surface area contributed by atoms with Crippen LogP contribution in [0.1, 0.15) is 61.3 Å². The van der Waals surface area contributed by atoms with Crippen LogP contribution < -0.4 is 24.4 Å². The molecule has 1 saturated carbocycles. The quantitative estimate of drug-likeness (QED) is 0.196. The number of rotatable bonds is 9. The van der Waals surface area contributed by atoms with Gasteiger partial charge in [0.2, 0.25) is 5.91 Å². The minimum Gasteiger partial charge on any atom is -0.497 e. The summed E-state index contributed by atoms with van der Waals surface area (Å²) in [6.07, 6.45) is 2.66. The Balaban J connectivity index is 1.32. The van der Waals surface area contributed by atoms with Crippen molar-refractivity contribution in [3.63, 3.8) is 0 Å². The second-order valence-electron chi connectivity index (χ2n) is 12.3. The summed E-state index contributed by atoms with van der Waals surface area (Å²) in [5.41, 5.74) is 5.88. The lowest BCUT2D eigenvalue weighted by molar-refractivity contribution is -0.120. The summed E-state index contributed by atoms with van der Waals surface area (Å²) in [5, 5.41) is 4.29. The zero-order valence-corrected chi connectivity index (χ0v) is 27.3. The van der Waals surface area contributed by atoms with Crippen molar-refractivity contribution in [3.8, 4) is 17.2 Å². The third-order valence-corrected chi connectivity index (χ3v) is 9.38. The van der Waals surface area contributed by atoms with Crippen molar-refractivity contribution < 1.29 is 23.8 Å². The third-order valence-electron chi connectivity index (χ3n) is 9.13. The standard InChI is InChI=1S/C39H37ClN2O5/c1-3-46-36-22-27(14-19-35(36)47-23-24-8-15-29(40)16-9-24)38-37-32(20-28(21-34(37)43)25-12-17-30(45-2)18-13-25)41-31-6-4-5-7-33(31)42(38)39(44)26-10-11-26/h4-9,12-19,22,26,28,38,41H,3,10-11,20-21,23H2,1-2H3/t28-,38+/m1/s1. The zero-order chi connectivity index (χ0) is 32.5. The van der Waals surface area contributed by atoms with Gasteiger partial charge in [-0.05, 0) is 97.3 Å². The first-order valence-electron chi connectivity index (χ1n) is 16.2. The normalized spacial score (nSPS) is 18.9. The van der Waals surface area contributed by atoms with Crippen molar-refractivity contribution in [2.24, 2.45) is 5.92 Å². The second-order valence-corrected chi connectivity index (χ2v) is 12.7. The first kappa shape index (κ1) is 30.9. The predicted molar refractivity (Wildman–Crippen MR) is 183 cm³/mol. The van der Waals surface area contributed by atoms with Gasteiger partial charge in [-0.2, -0.15) is 0 Å². The number of anilines is 2. The molecule has 0 spiro atoms. The number of ketones is 1. The van der Waals surface area contributed by atoms with E-state index in [4.69, 9.17) is 25.8 Å². The summed E-state index contributed by atoms with van der Waals surface area (Å²) < 4.78 is 17.7. The van der Waals surface area contributed by atoms with Crippen LogP contribution in [0.25, 0.3) is 0 Å². The molecule has 1 amide bonds. The molecule has 2 atom stereocenters. The third kappa shape index (κ3) is 6.32. The van der Waals surface area contributed by atoms with Crippen LogP contribution in [0.5, 0.6) is 17.2 Å². The smallest absolute Gasteiger partial charge is 0.231 e.